The fraction of sp³-hybridized carbons (Fsp3) is 0. The summed E-state index contributed by atoms with van der Waals surface area (Å²) in [6.07, 6.45) is 0. The van der Waals surface area contributed by atoms with E-state index in [-0.39, 0.29) is 17.1 Å². The number of aromatic carboxylic acids is 1. The molecule has 4 N–H and O–H groups in total. The normalized spacial score (nSPS) is 10.1. The van der Waals surface area contributed by atoms with Crippen molar-refractivity contribution in [2.24, 2.45) is 0 Å². The molecule has 0 fully saturated rings. The number of hydrogen-bond donors (Lipinski definition) is 4. The Bertz CT molecular complexity index is 721. The molecular formula is C14H10O7. The number of para-hydroxylation sites is 1. The summed E-state index contributed by atoms with van der Waals surface area (Å²) >= 11 is 0. The van der Waals surface area contributed by atoms with E-state index < -0.39 is 29.0 Å². The zero-order valence-corrected chi connectivity index (χ0v) is 10.5. The van der Waals surface area contributed by atoms with Crippen LogP contribution in [-0.2, 0) is 0 Å². The largest absolute Gasteiger partial charge is 0.508 e. The van der Waals surface area contributed by atoms with Crippen LogP contribution in [0.5, 0.6) is 23.0 Å². The summed E-state index contributed by atoms with van der Waals surface area (Å²) < 4.78 is 4.83. The first-order valence-electron chi connectivity index (χ1n) is 5.69. The van der Waals surface area contributed by atoms with E-state index in [1.165, 1.54) is 18.2 Å². The molecule has 108 valence electrons. The van der Waals surface area contributed by atoms with Gasteiger partial charge in [0, 0.05) is 0 Å². The molecule has 21 heavy (non-hydrogen) atoms. The van der Waals surface area contributed by atoms with Crippen molar-refractivity contribution in [1.82, 2.24) is 0 Å². The van der Waals surface area contributed by atoms with E-state index in [0.29, 0.717) is 0 Å². The van der Waals surface area contributed by atoms with Crippen molar-refractivity contribution in [1.29, 1.82) is 0 Å². The molecule has 0 atom stereocenters. The molecule has 0 aromatic heterocycles. The summed E-state index contributed by atoms with van der Waals surface area (Å²) in [7, 11) is 0. The third-order valence-corrected chi connectivity index (χ3v) is 2.63. The lowest BCUT2D eigenvalue weighted by molar-refractivity contribution is 0.0680. The van der Waals surface area contributed by atoms with Crippen LogP contribution < -0.4 is 4.74 Å². The lowest BCUT2D eigenvalue weighted by Crippen LogP contribution is -2.09. The van der Waals surface area contributed by atoms with Gasteiger partial charge in [-0.05, 0) is 30.3 Å². The smallest absolute Gasteiger partial charge is 0.347 e. The van der Waals surface area contributed by atoms with Crippen LogP contribution in [-0.4, -0.2) is 32.4 Å². The van der Waals surface area contributed by atoms with Gasteiger partial charge in [-0.25, -0.2) is 9.59 Å². The SMILES string of the molecule is O=C(Oc1cccc(C(=O)O)c1O)c1cc(O)ccc1O. The third kappa shape index (κ3) is 2.86. The van der Waals surface area contributed by atoms with E-state index in [1.807, 2.05) is 0 Å². The van der Waals surface area contributed by atoms with Gasteiger partial charge in [0.1, 0.15) is 22.6 Å². The van der Waals surface area contributed by atoms with Gasteiger partial charge >= 0.3 is 11.9 Å². The van der Waals surface area contributed by atoms with Gasteiger partial charge in [-0.2, -0.15) is 0 Å². The highest BCUT2D eigenvalue weighted by Crippen LogP contribution is 2.31. The number of esters is 1. The molecule has 0 bridgehead atoms. The highest BCUT2D eigenvalue weighted by Gasteiger charge is 2.19. The lowest BCUT2D eigenvalue weighted by Gasteiger charge is -2.09. The number of phenols is 3. The number of ether oxygens (including phenoxy) is 1. The summed E-state index contributed by atoms with van der Waals surface area (Å²) in [4.78, 5) is 22.7. The number of benzene rings is 2. The van der Waals surface area contributed by atoms with Crippen molar-refractivity contribution in [2.45, 2.75) is 0 Å². The number of aromatic hydroxyl groups is 3. The fourth-order valence-electron chi connectivity index (χ4n) is 1.62. The first-order valence-corrected chi connectivity index (χ1v) is 5.69. The molecule has 0 saturated heterocycles. The zero-order valence-electron chi connectivity index (χ0n) is 10.5. The fourth-order valence-corrected chi connectivity index (χ4v) is 1.62. The number of carbonyl (C=O) groups excluding carboxylic acids is 1. The molecule has 2 aromatic rings. The minimum Gasteiger partial charge on any atom is -0.508 e. The molecular weight excluding hydrogens is 280 g/mol. The summed E-state index contributed by atoms with van der Waals surface area (Å²) in [6.45, 7) is 0. The molecule has 2 rings (SSSR count). The van der Waals surface area contributed by atoms with E-state index in [9.17, 15) is 24.9 Å². The van der Waals surface area contributed by atoms with Crippen LogP contribution in [0.15, 0.2) is 36.4 Å². The Morgan fingerprint density at radius 1 is 0.952 bits per heavy atom. The molecule has 0 aliphatic heterocycles. The van der Waals surface area contributed by atoms with Crippen LogP contribution >= 0.6 is 0 Å². The van der Waals surface area contributed by atoms with Gasteiger partial charge in [0.25, 0.3) is 0 Å². The Morgan fingerprint density at radius 2 is 1.67 bits per heavy atom. The standard InChI is InChI=1S/C14H10O7/c15-7-4-5-10(16)9(6-7)14(20)21-11-3-1-2-8(12(11)17)13(18)19/h1-6,15-17H,(H,18,19). The molecule has 0 aliphatic rings. The zero-order chi connectivity index (χ0) is 15.6. The highest BCUT2D eigenvalue weighted by atomic mass is 16.5. The van der Waals surface area contributed by atoms with Crippen molar-refractivity contribution >= 4 is 11.9 Å². The summed E-state index contributed by atoms with van der Waals surface area (Å²) in [5.74, 6) is -4.21. The first kappa shape index (κ1) is 14.2. The van der Waals surface area contributed by atoms with Crippen LogP contribution in [0.3, 0.4) is 0 Å². The minimum absolute atomic E-state index is 0.261. The molecule has 7 heteroatoms. The van der Waals surface area contributed by atoms with Gasteiger partial charge in [-0.15, -0.1) is 0 Å². The summed E-state index contributed by atoms with van der Waals surface area (Å²) in [5, 5.41) is 37.4. The molecule has 7 nitrogen and oxygen atoms in total. The number of carbonyl (C=O) groups is 2. The van der Waals surface area contributed by atoms with Crippen LogP contribution in [0, 0.1) is 0 Å². The van der Waals surface area contributed by atoms with Crippen LogP contribution in [0.2, 0.25) is 0 Å². The second-order valence-corrected chi connectivity index (χ2v) is 4.05. The van der Waals surface area contributed by atoms with E-state index >= 15 is 0 Å². The van der Waals surface area contributed by atoms with Crippen molar-refractivity contribution in [3.05, 3.63) is 47.5 Å². The predicted molar refractivity (Wildman–Crippen MR) is 69.8 cm³/mol. The molecule has 0 radical (unpaired) electrons. The highest BCUT2D eigenvalue weighted by molar-refractivity contribution is 5.96. The predicted octanol–water partition coefficient (Wildman–Crippen LogP) is 1.72. The Hall–Kier alpha value is -3.22. The van der Waals surface area contributed by atoms with E-state index in [4.69, 9.17) is 9.84 Å². The number of rotatable bonds is 3. The van der Waals surface area contributed by atoms with Crippen molar-refractivity contribution in [3.8, 4) is 23.0 Å². The van der Waals surface area contributed by atoms with Crippen molar-refractivity contribution < 1.29 is 34.8 Å². The average molecular weight is 290 g/mol. The molecule has 0 aliphatic carbocycles. The summed E-state index contributed by atoms with van der Waals surface area (Å²) in [5.41, 5.74) is -0.754. The molecule has 2 aromatic carbocycles. The van der Waals surface area contributed by atoms with Gasteiger partial charge in [-0.1, -0.05) is 6.07 Å². The van der Waals surface area contributed by atoms with Crippen LogP contribution in [0.4, 0.5) is 0 Å². The van der Waals surface area contributed by atoms with E-state index in [1.54, 1.807) is 0 Å². The van der Waals surface area contributed by atoms with E-state index in [2.05, 4.69) is 0 Å². The Morgan fingerprint density at radius 3 is 2.33 bits per heavy atom. The number of carboxylic acid groups (broad SMARTS) is 1. The minimum atomic E-state index is -1.38. The monoisotopic (exact) mass is 290 g/mol. The molecule has 0 spiro atoms. The first-order chi connectivity index (χ1) is 9.90. The Kier molecular flexibility index (Phi) is 3.66. The van der Waals surface area contributed by atoms with Crippen LogP contribution in [0.25, 0.3) is 0 Å². The second-order valence-electron chi connectivity index (χ2n) is 4.05. The van der Waals surface area contributed by atoms with Crippen molar-refractivity contribution in [2.75, 3.05) is 0 Å². The molecule has 0 saturated carbocycles. The van der Waals surface area contributed by atoms with Gasteiger partial charge in [0.15, 0.2) is 11.5 Å². The third-order valence-electron chi connectivity index (χ3n) is 2.63. The number of carboxylic acids is 1. The maximum atomic E-state index is 11.9. The van der Waals surface area contributed by atoms with Gasteiger partial charge in [0.2, 0.25) is 0 Å². The molecule has 0 heterocycles. The Balaban J connectivity index is 2.34. The summed E-state index contributed by atoms with van der Waals surface area (Å²) in [6, 6.07) is 6.87. The van der Waals surface area contributed by atoms with Crippen molar-refractivity contribution in [3.63, 3.8) is 0 Å². The maximum absolute atomic E-state index is 11.9. The molecule has 0 amide bonds. The van der Waals surface area contributed by atoms with E-state index in [0.717, 1.165) is 18.2 Å². The molecule has 0 unspecified atom stereocenters. The number of phenolic OH excluding ortho intramolecular Hbond substituents is 2. The second kappa shape index (κ2) is 5.41. The maximum Gasteiger partial charge on any atom is 0.347 e. The van der Waals surface area contributed by atoms with Crippen LogP contribution in [0.1, 0.15) is 20.7 Å². The van der Waals surface area contributed by atoms with Gasteiger partial charge < -0.3 is 25.2 Å². The Labute approximate surface area is 118 Å². The lowest BCUT2D eigenvalue weighted by atomic mass is 10.1. The average Bonchev–Trinajstić information content (AvgIpc) is 2.43. The van der Waals surface area contributed by atoms with Gasteiger partial charge in [-0.3, -0.25) is 0 Å². The quantitative estimate of drug-likeness (QED) is 0.385. The topological polar surface area (TPSA) is 124 Å². The number of hydrogen-bond acceptors (Lipinski definition) is 6. The van der Waals surface area contributed by atoms with Gasteiger partial charge in [0.05, 0.1) is 0 Å².